The zero-order chi connectivity index (χ0) is 14.8. The largest absolute Gasteiger partial charge is 0.378 e. The lowest BCUT2D eigenvalue weighted by Gasteiger charge is -2.25. The van der Waals surface area contributed by atoms with Crippen molar-refractivity contribution in [1.82, 2.24) is 10.2 Å². The third-order valence-corrected chi connectivity index (χ3v) is 6.61. The van der Waals surface area contributed by atoms with Gasteiger partial charge in [0.2, 0.25) is 5.13 Å². The summed E-state index contributed by atoms with van der Waals surface area (Å²) in [7, 11) is 0. The van der Waals surface area contributed by atoms with Crippen LogP contribution in [0.3, 0.4) is 0 Å². The maximum Gasteiger partial charge on any atom is 0.209 e. The molecule has 4 nitrogen and oxygen atoms in total. The van der Waals surface area contributed by atoms with Crippen LogP contribution in [0.4, 0.5) is 5.13 Å². The standard InChI is InChI=1S/C16H19N3OS2/c1-2-6-13-12(4-1)5-3-7-14(13)21-16-18-17-15(22-16)19-8-10-20-11-9-19/h1-2,4,6,14H,3,5,7-11H2/t14-/m1/s1. The number of hydrogen-bond donors (Lipinski definition) is 0. The van der Waals surface area contributed by atoms with E-state index in [1.807, 2.05) is 11.8 Å². The van der Waals surface area contributed by atoms with Gasteiger partial charge in [0.15, 0.2) is 4.34 Å². The van der Waals surface area contributed by atoms with E-state index in [1.54, 1.807) is 11.3 Å². The van der Waals surface area contributed by atoms with Crippen LogP contribution in [0, 0.1) is 0 Å². The van der Waals surface area contributed by atoms with Gasteiger partial charge < -0.3 is 9.64 Å². The van der Waals surface area contributed by atoms with Gasteiger partial charge in [-0.2, -0.15) is 0 Å². The molecular weight excluding hydrogens is 314 g/mol. The summed E-state index contributed by atoms with van der Waals surface area (Å²) in [6.45, 7) is 3.42. The fraction of sp³-hybridized carbons (Fsp3) is 0.500. The van der Waals surface area contributed by atoms with Crippen LogP contribution in [0.5, 0.6) is 0 Å². The topological polar surface area (TPSA) is 38.2 Å². The lowest BCUT2D eigenvalue weighted by atomic mass is 9.91. The highest BCUT2D eigenvalue weighted by molar-refractivity contribution is 8.01. The number of thioether (sulfide) groups is 1. The van der Waals surface area contributed by atoms with Crippen LogP contribution in [0.15, 0.2) is 28.6 Å². The third-order valence-electron chi connectivity index (χ3n) is 4.23. The van der Waals surface area contributed by atoms with Gasteiger partial charge in [0.05, 0.1) is 13.2 Å². The second-order valence-electron chi connectivity index (χ2n) is 5.65. The molecule has 0 amide bonds. The van der Waals surface area contributed by atoms with E-state index >= 15 is 0 Å². The Morgan fingerprint density at radius 3 is 2.95 bits per heavy atom. The van der Waals surface area contributed by atoms with Crippen LogP contribution in [0.25, 0.3) is 0 Å². The van der Waals surface area contributed by atoms with Crippen molar-refractivity contribution in [3.63, 3.8) is 0 Å². The van der Waals surface area contributed by atoms with Crippen molar-refractivity contribution in [3.8, 4) is 0 Å². The van der Waals surface area contributed by atoms with Gasteiger partial charge in [-0.05, 0) is 30.4 Å². The zero-order valence-electron chi connectivity index (χ0n) is 12.4. The summed E-state index contributed by atoms with van der Waals surface area (Å²) in [4.78, 5) is 2.28. The predicted octanol–water partition coefficient (Wildman–Crippen LogP) is 3.54. The molecule has 0 unspecified atom stereocenters. The molecule has 0 spiro atoms. The Hall–Kier alpha value is -1.11. The second-order valence-corrected chi connectivity index (χ2v) is 8.05. The van der Waals surface area contributed by atoms with Gasteiger partial charge in [-0.3, -0.25) is 0 Å². The van der Waals surface area contributed by atoms with E-state index in [1.165, 1.54) is 30.4 Å². The Morgan fingerprint density at radius 2 is 2.05 bits per heavy atom. The minimum atomic E-state index is 0.524. The summed E-state index contributed by atoms with van der Waals surface area (Å²) >= 11 is 3.60. The molecule has 2 aromatic rings. The fourth-order valence-corrected chi connectivity index (χ4v) is 5.45. The van der Waals surface area contributed by atoms with Crippen molar-refractivity contribution in [3.05, 3.63) is 35.4 Å². The van der Waals surface area contributed by atoms with E-state index in [-0.39, 0.29) is 0 Å². The molecule has 1 aromatic heterocycles. The molecule has 2 heterocycles. The number of hydrogen-bond acceptors (Lipinski definition) is 6. The number of rotatable bonds is 3. The molecule has 0 radical (unpaired) electrons. The number of anilines is 1. The first-order valence-corrected chi connectivity index (χ1v) is 9.50. The average molecular weight is 333 g/mol. The molecule has 116 valence electrons. The fourth-order valence-electron chi connectivity index (χ4n) is 3.09. The SMILES string of the molecule is c1ccc2c(c1)CCC[C@H]2Sc1nnc(N2CCOCC2)s1. The molecule has 1 aromatic carbocycles. The Kier molecular flexibility index (Phi) is 4.32. The summed E-state index contributed by atoms with van der Waals surface area (Å²) in [5, 5.41) is 10.3. The third kappa shape index (κ3) is 3.00. The molecule has 0 N–H and O–H groups in total. The smallest absolute Gasteiger partial charge is 0.209 e. The van der Waals surface area contributed by atoms with Crippen LogP contribution in [0.2, 0.25) is 0 Å². The quantitative estimate of drug-likeness (QED) is 0.859. The summed E-state index contributed by atoms with van der Waals surface area (Å²) in [5.41, 5.74) is 2.99. The van der Waals surface area contributed by atoms with Gasteiger partial charge in [-0.1, -0.05) is 47.4 Å². The molecule has 1 aliphatic heterocycles. The molecule has 4 rings (SSSR count). The maximum atomic E-state index is 5.40. The van der Waals surface area contributed by atoms with Crippen molar-refractivity contribution >= 4 is 28.2 Å². The highest BCUT2D eigenvalue weighted by Crippen LogP contribution is 2.44. The number of fused-ring (bicyclic) bond motifs is 1. The summed E-state index contributed by atoms with van der Waals surface area (Å²) in [5.74, 6) is 0. The van der Waals surface area contributed by atoms with Crippen LogP contribution >= 0.6 is 23.1 Å². The van der Waals surface area contributed by atoms with Gasteiger partial charge in [-0.25, -0.2) is 0 Å². The minimum absolute atomic E-state index is 0.524. The molecular formula is C16H19N3OS2. The van der Waals surface area contributed by atoms with Crippen LogP contribution in [-0.2, 0) is 11.2 Å². The minimum Gasteiger partial charge on any atom is -0.378 e. The average Bonchev–Trinajstić information content (AvgIpc) is 3.05. The molecule has 1 aliphatic carbocycles. The van der Waals surface area contributed by atoms with Crippen molar-refractivity contribution in [2.75, 3.05) is 31.2 Å². The number of aryl methyl sites for hydroxylation is 1. The van der Waals surface area contributed by atoms with Gasteiger partial charge in [-0.15, -0.1) is 10.2 Å². The Labute approximate surface area is 138 Å². The molecule has 0 bridgehead atoms. The van der Waals surface area contributed by atoms with E-state index in [2.05, 4.69) is 39.4 Å². The van der Waals surface area contributed by atoms with E-state index < -0.39 is 0 Å². The van der Waals surface area contributed by atoms with E-state index in [9.17, 15) is 0 Å². The highest BCUT2D eigenvalue weighted by atomic mass is 32.2. The summed E-state index contributed by atoms with van der Waals surface area (Å²) < 4.78 is 6.48. The molecule has 2 aliphatic rings. The molecule has 1 saturated heterocycles. The van der Waals surface area contributed by atoms with Crippen LogP contribution < -0.4 is 4.90 Å². The first-order chi connectivity index (χ1) is 10.9. The molecule has 1 fully saturated rings. The van der Waals surface area contributed by atoms with Crippen molar-refractivity contribution in [2.24, 2.45) is 0 Å². The van der Waals surface area contributed by atoms with Gasteiger partial charge in [0.25, 0.3) is 0 Å². The van der Waals surface area contributed by atoms with Crippen LogP contribution in [0.1, 0.15) is 29.2 Å². The maximum absolute atomic E-state index is 5.40. The summed E-state index contributed by atoms with van der Waals surface area (Å²) in [6.07, 6.45) is 3.71. The van der Waals surface area contributed by atoms with E-state index in [0.717, 1.165) is 35.8 Å². The lowest BCUT2D eigenvalue weighted by molar-refractivity contribution is 0.122. The summed E-state index contributed by atoms with van der Waals surface area (Å²) in [6, 6.07) is 8.84. The Bertz CT molecular complexity index is 640. The van der Waals surface area contributed by atoms with E-state index in [4.69, 9.17) is 4.74 Å². The number of morpholine rings is 1. The van der Waals surface area contributed by atoms with Gasteiger partial charge in [0, 0.05) is 18.3 Å². The number of benzene rings is 1. The Morgan fingerprint density at radius 1 is 1.18 bits per heavy atom. The Balaban J connectivity index is 1.49. The monoisotopic (exact) mass is 333 g/mol. The van der Waals surface area contributed by atoms with Gasteiger partial charge in [0.1, 0.15) is 0 Å². The zero-order valence-corrected chi connectivity index (χ0v) is 14.0. The van der Waals surface area contributed by atoms with Crippen molar-refractivity contribution in [1.29, 1.82) is 0 Å². The number of aromatic nitrogens is 2. The first kappa shape index (κ1) is 14.5. The predicted molar refractivity (Wildman–Crippen MR) is 90.9 cm³/mol. The van der Waals surface area contributed by atoms with Crippen molar-refractivity contribution in [2.45, 2.75) is 28.9 Å². The number of nitrogens with zero attached hydrogens (tertiary/aromatic N) is 3. The molecule has 22 heavy (non-hydrogen) atoms. The lowest BCUT2D eigenvalue weighted by Crippen LogP contribution is -2.36. The van der Waals surface area contributed by atoms with Gasteiger partial charge >= 0.3 is 0 Å². The first-order valence-electron chi connectivity index (χ1n) is 7.81. The second kappa shape index (κ2) is 6.56. The molecule has 0 saturated carbocycles. The molecule has 6 heteroatoms. The normalized spacial score (nSPS) is 21.6. The van der Waals surface area contributed by atoms with Crippen LogP contribution in [-0.4, -0.2) is 36.5 Å². The number of ether oxygens (including phenoxy) is 1. The molecule has 1 atom stereocenters. The highest BCUT2D eigenvalue weighted by Gasteiger charge is 2.23. The van der Waals surface area contributed by atoms with Crippen molar-refractivity contribution < 1.29 is 4.74 Å². The van der Waals surface area contributed by atoms with E-state index in [0.29, 0.717) is 5.25 Å².